The second-order valence-electron chi connectivity index (χ2n) is 6.00. The minimum absolute atomic E-state index is 0.0925. The van der Waals surface area contributed by atoms with Gasteiger partial charge in [0.05, 0.1) is 12.2 Å². The first-order chi connectivity index (χ1) is 13.4. The number of H-pyrrole nitrogens is 1. The topological polar surface area (TPSA) is 67.0 Å². The van der Waals surface area contributed by atoms with Crippen molar-refractivity contribution in [1.82, 2.24) is 10.2 Å². The Labute approximate surface area is 159 Å². The van der Waals surface area contributed by atoms with Crippen molar-refractivity contribution in [3.63, 3.8) is 0 Å². The van der Waals surface area contributed by atoms with E-state index in [2.05, 4.69) is 10.4 Å². The molecule has 0 spiro atoms. The Morgan fingerprint density at radius 2 is 1.68 bits per heavy atom. The van der Waals surface area contributed by atoms with E-state index in [1.165, 1.54) is 12.1 Å². The zero-order valence-corrected chi connectivity index (χ0v) is 14.8. The van der Waals surface area contributed by atoms with E-state index in [1.807, 2.05) is 23.3 Å². The number of halogens is 3. The normalized spacial score (nSPS) is 11.2. The van der Waals surface area contributed by atoms with Gasteiger partial charge in [-0.2, -0.15) is 18.3 Å². The summed E-state index contributed by atoms with van der Waals surface area (Å²) in [5, 5.41) is 8.12. The molecule has 1 aromatic heterocycles. The fraction of sp³-hybridized carbons (Fsp3) is 0.200. The fourth-order valence-corrected chi connectivity index (χ4v) is 2.66. The number of alkyl halides is 3. The summed E-state index contributed by atoms with van der Waals surface area (Å²) in [4.78, 5) is 12.2. The van der Waals surface area contributed by atoms with Crippen molar-refractivity contribution in [2.24, 2.45) is 0 Å². The zero-order chi connectivity index (χ0) is 20.0. The standard InChI is InChI=1S/C20H18F3N3O2/c21-20(22,23)18-17(14-8-3-1-4-9-14)19(26-25-18)24-16(27)12-7-13-28-15-10-5-2-6-11-15/h1-6,8-11H,7,12-13H2,(H2,24,25,26,27). The van der Waals surface area contributed by atoms with Crippen molar-refractivity contribution in [2.45, 2.75) is 19.0 Å². The maximum Gasteiger partial charge on any atom is 0.433 e. The molecule has 146 valence electrons. The maximum absolute atomic E-state index is 13.3. The van der Waals surface area contributed by atoms with Crippen LogP contribution in [0.4, 0.5) is 19.0 Å². The Kier molecular flexibility index (Phi) is 5.98. The molecule has 28 heavy (non-hydrogen) atoms. The molecule has 1 amide bonds. The highest BCUT2D eigenvalue weighted by Gasteiger charge is 2.38. The predicted octanol–water partition coefficient (Wildman–Crippen LogP) is 4.89. The predicted molar refractivity (Wildman–Crippen MR) is 98.8 cm³/mol. The van der Waals surface area contributed by atoms with E-state index in [-0.39, 0.29) is 17.8 Å². The van der Waals surface area contributed by atoms with Gasteiger partial charge in [-0.15, -0.1) is 0 Å². The molecule has 3 rings (SSSR count). The molecule has 0 unspecified atom stereocenters. The van der Waals surface area contributed by atoms with E-state index in [0.717, 1.165) is 0 Å². The number of nitrogens with zero attached hydrogens (tertiary/aromatic N) is 1. The number of para-hydroxylation sites is 1. The summed E-state index contributed by atoms with van der Waals surface area (Å²) in [6.07, 6.45) is -4.11. The summed E-state index contributed by atoms with van der Waals surface area (Å²) in [6, 6.07) is 17.1. The Balaban J connectivity index is 1.65. The Morgan fingerprint density at radius 3 is 2.32 bits per heavy atom. The maximum atomic E-state index is 13.3. The van der Waals surface area contributed by atoms with Crippen LogP contribution in [0.15, 0.2) is 60.7 Å². The number of hydrogen-bond donors (Lipinski definition) is 2. The SMILES string of the molecule is O=C(CCCOc1ccccc1)Nc1n[nH]c(C(F)(F)F)c1-c1ccccc1. The largest absolute Gasteiger partial charge is 0.494 e. The Morgan fingerprint density at radius 1 is 1.04 bits per heavy atom. The Bertz CT molecular complexity index is 909. The van der Waals surface area contributed by atoms with Crippen LogP contribution < -0.4 is 10.1 Å². The van der Waals surface area contributed by atoms with Gasteiger partial charge < -0.3 is 10.1 Å². The van der Waals surface area contributed by atoms with Gasteiger partial charge in [0.25, 0.3) is 0 Å². The monoisotopic (exact) mass is 389 g/mol. The molecule has 2 aromatic carbocycles. The van der Waals surface area contributed by atoms with Gasteiger partial charge in [-0.25, -0.2) is 0 Å². The number of aromatic nitrogens is 2. The number of carbonyl (C=O) groups is 1. The third-order valence-corrected chi connectivity index (χ3v) is 3.93. The molecular weight excluding hydrogens is 371 g/mol. The lowest BCUT2D eigenvalue weighted by atomic mass is 10.0. The lowest BCUT2D eigenvalue weighted by molar-refractivity contribution is -0.140. The molecule has 5 nitrogen and oxygen atoms in total. The minimum atomic E-state index is -4.62. The highest BCUT2D eigenvalue weighted by atomic mass is 19.4. The van der Waals surface area contributed by atoms with Crippen molar-refractivity contribution in [2.75, 3.05) is 11.9 Å². The number of benzene rings is 2. The van der Waals surface area contributed by atoms with Crippen molar-refractivity contribution < 1.29 is 22.7 Å². The molecule has 0 saturated heterocycles. The summed E-state index contributed by atoms with van der Waals surface area (Å²) in [6.45, 7) is 0.317. The average Bonchev–Trinajstić information content (AvgIpc) is 3.11. The van der Waals surface area contributed by atoms with Gasteiger partial charge in [0.1, 0.15) is 11.4 Å². The number of anilines is 1. The number of amides is 1. The van der Waals surface area contributed by atoms with Crippen LogP contribution in [-0.2, 0) is 11.0 Å². The third kappa shape index (κ3) is 4.91. The van der Waals surface area contributed by atoms with E-state index in [9.17, 15) is 18.0 Å². The van der Waals surface area contributed by atoms with E-state index < -0.39 is 17.8 Å². The summed E-state index contributed by atoms with van der Waals surface area (Å²) < 4.78 is 45.4. The van der Waals surface area contributed by atoms with Crippen LogP contribution in [-0.4, -0.2) is 22.7 Å². The van der Waals surface area contributed by atoms with E-state index in [1.54, 1.807) is 30.3 Å². The summed E-state index contributed by atoms with van der Waals surface area (Å²) in [7, 11) is 0. The van der Waals surface area contributed by atoms with Gasteiger partial charge in [-0.1, -0.05) is 48.5 Å². The van der Waals surface area contributed by atoms with Crippen LogP contribution in [0.1, 0.15) is 18.5 Å². The molecule has 0 bridgehead atoms. The number of nitrogens with one attached hydrogen (secondary N) is 2. The summed E-state index contributed by atoms with van der Waals surface area (Å²) in [5.41, 5.74) is -0.866. The first-order valence-corrected chi connectivity index (χ1v) is 8.64. The molecule has 0 saturated carbocycles. The number of hydrogen-bond acceptors (Lipinski definition) is 3. The first kappa shape index (κ1) is 19.5. The lowest BCUT2D eigenvalue weighted by Crippen LogP contribution is -2.14. The van der Waals surface area contributed by atoms with Crippen molar-refractivity contribution in [1.29, 1.82) is 0 Å². The van der Waals surface area contributed by atoms with Crippen LogP contribution in [0.5, 0.6) is 5.75 Å². The van der Waals surface area contributed by atoms with Crippen molar-refractivity contribution >= 4 is 11.7 Å². The summed E-state index contributed by atoms with van der Waals surface area (Å²) >= 11 is 0. The molecule has 0 atom stereocenters. The van der Waals surface area contributed by atoms with Crippen LogP contribution in [0, 0.1) is 0 Å². The minimum Gasteiger partial charge on any atom is -0.494 e. The molecule has 1 heterocycles. The Hall–Kier alpha value is -3.29. The summed E-state index contributed by atoms with van der Waals surface area (Å²) in [5.74, 6) is 0.109. The van der Waals surface area contributed by atoms with E-state index in [0.29, 0.717) is 24.3 Å². The second kappa shape index (κ2) is 8.60. The molecule has 0 fully saturated rings. The van der Waals surface area contributed by atoms with Crippen LogP contribution in [0.3, 0.4) is 0 Å². The number of rotatable bonds is 7. The average molecular weight is 389 g/mol. The first-order valence-electron chi connectivity index (χ1n) is 8.64. The zero-order valence-electron chi connectivity index (χ0n) is 14.8. The molecule has 0 aliphatic carbocycles. The number of aromatic amines is 1. The molecular formula is C20H18F3N3O2. The molecule has 0 radical (unpaired) electrons. The van der Waals surface area contributed by atoms with E-state index >= 15 is 0 Å². The van der Waals surface area contributed by atoms with Gasteiger partial charge in [0, 0.05) is 6.42 Å². The smallest absolute Gasteiger partial charge is 0.433 e. The third-order valence-electron chi connectivity index (χ3n) is 3.93. The quantitative estimate of drug-likeness (QED) is 0.565. The molecule has 0 aliphatic rings. The number of carbonyl (C=O) groups excluding carboxylic acids is 1. The van der Waals surface area contributed by atoms with Crippen LogP contribution >= 0.6 is 0 Å². The lowest BCUT2D eigenvalue weighted by Gasteiger charge is -2.10. The fourth-order valence-electron chi connectivity index (χ4n) is 2.66. The van der Waals surface area contributed by atoms with Gasteiger partial charge >= 0.3 is 6.18 Å². The molecule has 8 heteroatoms. The van der Waals surface area contributed by atoms with E-state index in [4.69, 9.17) is 4.74 Å². The van der Waals surface area contributed by atoms with Crippen LogP contribution in [0.25, 0.3) is 11.1 Å². The number of ether oxygens (including phenoxy) is 1. The van der Waals surface area contributed by atoms with Crippen molar-refractivity contribution in [3.8, 4) is 16.9 Å². The van der Waals surface area contributed by atoms with Crippen LogP contribution in [0.2, 0.25) is 0 Å². The van der Waals surface area contributed by atoms with Gasteiger partial charge in [-0.3, -0.25) is 9.89 Å². The highest BCUT2D eigenvalue weighted by molar-refractivity contribution is 5.94. The molecule has 0 aliphatic heterocycles. The molecule has 2 N–H and O–H groups in total. The van der Waals surface area contributed by atoms with Gasteiger partial charge in [0.15, 0.2) is 5.82 Å². The second-order valence-corrected chi connectivity index (χ2v) is 6.00. The molecule has 3 aromatic rings. The van der Waals surface area contributed by atoms with Gasteiger partial charge in [-0.05, 0) is 24.1 Å². The van der Waals surface area contributed by atoms with Gasteiger partial charge in [0.2, 0.25) is 5.91 Å². The van der Waals surface area contributed by atoms with Crippen molar-refractivity contribution in [3.05, 3.63) is 66.4 Å². The highest BCUT2D eigenvalue weighted by Crippen LogP contribution is 2.39.